The molecule has 2 aromatic rings. The Balaban J connectivity index is 2.32. The van der Waals surface area contributed by atoms with Crippen molar-refractivity contribution in [2.45, 2.75) is 13.0 Å². The van der Waals surface area contributed by atoms with Gasteiger partial charge in [0.25, 0.3) is 0 Å². The SMILES string of the molecule is CNC(c1ccc(C)cc1)c1cc(Br)cs1. The highest BCUT2D eigenvalue weighted by Gasteiger charge is 2.13. The Labute approximate surface area is 109 Å². The number of thiophene rings is 1. The van der Waals surface area contributed by atoms with E-state index >= 15 is 0 Å². The van der Waals surface area contributed by atoms with Crippen LogP contribution in [-0.2, 0) is 0 Å². The minimum Gasteiger partial charge on any atom is -0.309 e. The van der Waals surface area contributed by atoms with Gasteiger partial charge < -0.3 is 5.32 Å². The van der Waals surface area contributed by atoms with Crippen LogP contribution in [0.1, 0.15) is 22.0 Å². The molecule has 0 spiro atoms. The fourth-order valence-corrected chi connectivity index (χ4v) is 3.29. The third kappa shape index (κ3) is 2.54. The van der Waals surface area contributed by atoms with Crippen LogP contribution in [0.15, 0.2) is 40.2 Å². The van der Waals surface area contributed by atoms with Crippen LogP contribution in [0.2, 0.25) is 0 Å². The molecule has 1 nitrogen and oxygen atoms in total. The maximum atomic E-state index is 3.50. The lowest BCUT2D eigenvalue weighted by Crippen LogP contribution is -2.16. The Bertz CT molecular complexity index is 461. The van der Waals surface area contributed by atoms with E-state index < -0.39 is 0 Å². The number of benzene rings is 1. The molecule has 84 valence electrons. The summed E-state index contributed by atoms with van der Waals surface area (Å²) < 4.78 is 1.15. The highest BCUT2D eigenvalue weighted by Crippen LogP contribution is 2.29. The van der Waals surface area contributed by atoms with Crippen molar-refractivity contribution < 1.29 is 0 Å². The zero-order valence-electron chi connectivity index (χ0n) is 9.33. The van der Waals surface area contributed by atoms with E-state index in [2.05, 4.69) is 63.9 Å². The van der Waals surface area contributed by atoms with Gasteiger partial charge in [-0.15, -0.1) is 11.3 Å². The molecule has 1 aromatic heterocycles. The summed E-state index contributed by atoms with van der Waals surface area (Å²) in [7, 11) is 2.00. The van der Waals surface area contributed by atoms with Gasteiger partial charge in [0.15, 0.2) is 0 Å². The molecule has 0 aliphatic rings. The Morgan fingerprint density at radius 2 is 1.94 bits per heavy atom. The molecule has 0 radical (unpaired) electrons. The van der Waals surface area contributed by atoms with Crippen LogP contribution in [0.3, 0.4) is 0 Å². The average Bonchev–Trinajstić information content (AvgIpc) is 2.69. The number of hydrogen-bond donors (Lipinski definition) is 1. The first kappa shape index (κ1) is 11.8. The van der Waals surface area contributed by atoms with Gasteiger partial charge in [-0.05, 0) is 41.5 Å². The van der Waals surface area contributed by atoms with E-state index in [1.54, 1.807) is 11.3 Å². The van der Waals surface area contributed by atoms with Gasteiger partial charge in [-0.2, -0.15) is 0 Å². The van der Waals surface area contributed by atoms with E-state index in [-0.39, 0.29) is 6.04 Å². The highest BCUT2D eigenvalue weighted by atomic mass is 79.9. The minimum absolute atomic E-state index is 0.289. The van der Waals surface area contributed by atoms with E-state index in [4.69, 9.17) is 0 Å². The van der Waals surface area contributed by atoms with Gasteiger partial charge in [0.2, 0.25) is 0 Å². The second-order valence-electron chi connectivity index (χ2n) is 3.80. The van der Waals surface area contributed by atoms with Gasteiger partial charge in [-0.3, -0.25) is 0 Å². The van der Waals surface area contributed by atoms with E-state index in [1.807, 2.05) is 7.05 Å². The molecular formula is C13H14BrNS. The van der Waals surface area contributed by atoms with E-state index in [0.29, 0.717) is 0 Å². The van der Waals surface area contributed by atoms with Crippen molar-refractivity contribution in [3.05, 3.63) is 56.2 Å². The fraction of sp³-hybridized carbons (Fsp3) is 0.231. The molecule has 0 saturated carbocycles. The van der Waals surface area contributed by atoms with Gasteiger partial charge in [-0.25, -0.2) is 0 Å². The molecule has 1 unspecified atom stereocenters. The molecule has 0 saturated heterocycles. The normalized spacial score (nSPS) is 12.7. The number of nitrogens with one attached hydrogen (secondary N) is 1. The Kier molecular flexibility index (Phi) is 3.79. The van der Waals surface area contributed by atoms with Crippen LogP contribution in [0.25, 0.3) is 0 Å². The zero-order valence-corrected chi connectivity index (χ0v) is 11.7. The first-order valence-corrected chi connectivity index (χ1v) is 6.85. The predicted octanol–water partition coefficient (Wildman–Crippen LogP) is 4.13. The lowest BCUT2D eigenvalue weighted by atomic mass is 10.0. The summed E-state index contributed by atoms with van der Waals surface area (Å²) in [4.78, 5) is 1.33. The van der Waals surface area contributed by atoms with Crippen LogP contribution in [0, 0.1) is 6.92 Å². The van der Waals surface area contributed by atoms with Gasteiger partial charge in [-0.1, -0.05) is 29.8 Å². The lowest BCUT2D eigenvalue weighted by Gasteiger charge is -2.15. The van der Waals surface area contributed by atoms with E-state index in [0.717, 1.165) is 4.47 Å². The molecule has 0 bridgehead atoms. The number of aryl methyl sites for hydroxylation is 1. The Hall–Kier alpha value is -0.640. The first-order chi connectivity index (χ1) is 7.70. The third-order valence-electron chi connectivity index (χ3n) is 2.57. The topological polar surface area (TPSA) is 12.0 Å². The maximum absolute atomic E-state index is 3.50. The lowest BCUT2D eigenvalue weighted by molar-refractivity contribution is 0.703. The second-order valence-corrected chi connectivity index (χ2v) is 5.66. The summed E-state index contributed by atoms with van der Waals surface area (Å²) in [6, 6.07) is 11.1. The molecule has 0 amide bonds. The quantitative estimate of drug-likeness (QED) is 0.898. The van der Waals surface area contributed by atoms with Crippen molar-refractivity contribution >= 4 is 27.3 Å². The van der Waals surface area contributed by atoms with Crippen LogP contribution in [0.4, 0.5) is 0 Å². The van der Waals surface area contributed by atoms with Crippen molar-refractivity contribution in [3.8, 4) is 0 Å². The summed E-state index contributed by atoms with van der Waals surface area (Å²) in [5.41, 5.74) is 2.61. The van der Waals surface area contributed by atoms with Gasteiger partial charge in [0.05, 0.1) is 6.04 Å². The van der Waals surface area contributed by atoms with Crippen LogP contribution < -0.4 is 5.32 Å². The van der Waals surface area contributed by atoms with Crippen LogP contribution in [0.5, 0.6) is 0 Å². The molecule has 2 rings (SSSR count). The molecular weight excluding hydrogens is 282 g/mol. The number of hydrogen-bond acceptors (Lipinski definition) is 2. The maximum Gasteiger partial charge on any atom is 0.0669 e. The molecule has 3 heteroatoms. The van der Waals surface area contributed by atoms with Crippen molar-refractivity contribution in [3.63, 3.8) is 0 Å². The summed E-state index contributed by atoms with van der Waals surface area (Å²) in [6.45, 7) is 2.11. The molecule has 0 aliphatic carbocycles. The van der Waals surface area contributed by atoms with E-state index in [9.17, 15) is 0 Å². The van der Waals surface area contributed by atoms with Gasteiger partial charge in [0, 0.05) is 14.7 Å². The third-order valence-corrected chi connectivity index (χ3v) is 4.33. The smallest absolute Gasteiger partial charge is 0.0669 e. The minimum atomic E-state index is 0.289. The zero-order chi connectivity index (χ0) is 11.5. The Morgan fingerprint density at radius 1 is 1.25 bits per heavy atom. The molecule has 1 N–H and O–H groups in total. The standard InChI is InChI=1S/C13H14BrNS/c1-9-3-5-10(6-4-9)13(15-2)12-7-11(14)8-16-12/h3-8,13,15H,1-2H3. The van der Waals surface area contributed by atoms with Gasteiger partial charge in [0.1, 0.15) is 0 Å². The summed E-state index contributed by atoms with van der Waals surface area (Å²) in [5.74, 6) is 0. The van der Waals surface area contributed by atoms with Gasteiger partial charge >= 0.3 is 0 Å². The Morgan fingerprint density at radius 3 is 2.44 bits per heavy atom. The molecule has 16 heavy (non-hydrogen) atoms. The predicted molar refractivity (Wildman–Crippen MR) is 74.1 cm³/mol. The highest BCUT2D eigenvalue weighted by molar-refractivity contribution is 9.10. The summed E-state index contributed by atoms with van der Waals surface area (Å²) in [5, 5.41) is 5.48. The first-order valence-electron chi connectivity index (χ1n) is 5.18. The van der Waals surface area contributed by atoms with Crippen molar-refractivity contribution in [1.29, 1.82) is 0 Å². The summed E-state index contributed by atoms with van der Waals surface area (Å²) in [6.07, 6.45) is 0. The van der Waals surface area contributed by atoms with Crippen molar-refractivity contribution in [2.24, 2.45) is 0 Å². The molecule has 0 fully saturated rings. The molecule has 0 aliphatic heterocycles. The molecule has 1 aromatic carbocycles. The number of halogens is 1. The largest absolute Gasteiger partial charge is 0.309 e. The number of rotatable bonds is 3. The second kappa shape index (κ2) is 5.13. The summed E-state index contributed by atoms with van der Waals surface area (Å²) >= 11 is 5.27. The van der Waals surface area contributed by atoms with Crippen LogP contribution in [-0.4, -0.2) is 7.05 Å². The van der Waals surface area contributed by atoms with Crippen LogP contribution >= 0.6 is 27.3 Å². The van der Waals surface area contributed by atoms with E-state index in [1.165, 1.54) is 16.0 Å². The monoisotopic (exact) mass is 295 g/mol. The molecule has 1 atom stereocenters. The molecule has 1 heterocycles. The average molecular weight is 296 g/mol. The van der Waals surface area contributed by atoms with Crippen molar-refractivity contribution in [2.75, 3.05) is 7.05 Å². The van der Waals surface area contributed by atoms with Crippen molar-refractivity contribution in [1.82, 2.24) is 5.32 Å². The fourth-order valence-electron chi connectivity index (χ4n) is 1.71.